The minimum atomic E-state index is 0.0270. The van der Waals surface area contributed by atoms with Crippen LogP contribution in [0.5, 0.6) is 11.5 Å². The molecule has 3 heteroatoms. The van der Waals surface area contributed by atoms with E-state index in [2.05, 4.69) is 13.8 Å². The number of Topliss-reactive ketones (excluding diaryl/α,β-unsaturated/α-hetero) is 1. The van der Waals surface area contributed by atoms with Gasteiger partial charge in [-0.15, -0.1) is 0 Å². The van der Waals surface area contributed by atoms with Gasteiger partial charge in [-0.05, 0) is 37.5 Å². The molecule has 0 saturated carbocycles. The summed E-state index contributed by atoms with van der Waals surface area (Å²) in [7, 11) is 1.58. The van der Waals surface area contributed by atoms with Gasteiger partial charge in [0.2, 0.25) is 0 Å². The zero-order valence-corrected chi connectivity index (χ0v) is 11.7. The lowest BCUT2D eigenvalue weighted by molar-refractivity contribution is 0.101. The molecule has 0 fully saturated rings. The fourth-order valence-corrected chi connectivity index (χ4v) is 1.81. The number of hydrogen-bond donors (Lipinski definition) is 0. The molecule has 0 aromatic heterocycles. The van der Waals surface area contributed by atoms with Crippen molar-refractivity contribution >= 4 is 5.78 Å². The highest BCUT2D eigenvalue weighted by Gasteiger charge is 2.09. The highest BCUT2D eigenvalue weighted by atomic mass is 16.5. The van der Waals surface area contributed by atoms with Crippen molar-refractivity contribution in [2.45, 2.75) is 33.6 Å². The molecule has 0 aliphatic rings. The van der Waals surface area contributed by atoms with Gasteiger partial charge in [0.25, 0.3) is 0 Å². The highest BCUT2D eigenvalue weighted by molar-refractivity contribution is 5.94. The third-order valence-electron chi connectivity index (χ3n) is 2.87. The Morgan fingerprint density at radius 2 is 2.06 bits per heavy atom. The molecule has 0 radical (unpaired) electrons. The number of benzene rings is 1. The fraction of sp³-hybridized carbons (Fsp3) is 0.533. The molecule has 1 aromatic carbocycles. The lowest BCUT2D eigenvalue weighted by Gasteiger charge is -2.15. The lowest BCUT2D eigenvalue weighted by Crippen LogP contribution is -2.09. The molecule has 0 heterocycles. The van der Waals surface area contributed by atoms with Crippen molar-refractivity contribution in [3.63, 3.8) is 0 Å². The molecule has 0 N–H and O–H groups in total. The van der Waals surface area contributed by atoms with Gasteiger partial charge in [0.15, 0.2) is 17.3 Å². The van der Waals surface area contributed by atoms with Crippen LogP contribution >= 0.6 is 0 Å². The Kier molecular flexibility index (Phi) is 5.69. The predicted molar refractivity (Wildman–Crippen MR) is 72.6 cm³/mol. The molecule has 3 nitrogen and oxygen atoms in total. The first-order chi connectivity index (χ1) is 8.58. The molecule has 0 saturated heterocycles. The SMILES string of the molecule is CCCC(C)COc1ccc(C(C)=O)cc1OC. The smallest absolute Gasteiger partial charge is 0.161 e. The zero-order valence-electron chi connectivity index (χ0n) is 11.7. The van der Waals surface area contributed by atoms with E-state index in [-0.39, 0.29) is 5.78 Å². The maximum absolute atomic E-state index is 11.3. The average Bonchev–Trinajstić information content (AvgIpc) is 2.36. The van der Waals surface area contributed by atoms with Crippen molar-refractivity contribution in [1.29, 1.82) is 0 Å². The summed E-state index contributed by atoms with van der Waals surface area (Å²) >= 11 is 0. The summed E-state index contributed by atoms with van der Waals surface area (Å²) in [5.74, 6) is 1.86. The number of carbonyl (C=O) groups is 1. The second-order valence-electron chi connectivity index (χ2n) is 4.63. The first kappa shape index (κ1) is 14.6. The summed E-state index contributed by atoms with van der Waals surface area (Å²) in [5, 5.41) is 0. The Labute approximate surface area is 109 Å². The van der Waals surface area contributed by atoms with Crippen LogP contribution in [0.1, 0.15) is 44.0 Å². The van der Waals surface area contributed by atoms with Crippen LogP contribution < -0.4 is 9.47 Å². The Bertz CT molecular complexity index is 399. The lowest BCUT2D eigenvalue weighted by atomic mass is 10.1. The van der Waals surface area contributed by atoms with Crippen LogP contribution in [0, 0.1) is 5.92 Å². The van der Waals surface area contributed by atoms with Crippen LogP contribution in [0.25, 0.3) is 0 Å². The molecule has 0 amide bonds. The molecule has 1 unspecified atom stereocenters. The minimum absolute atomic E-state index is 0.0270. The second-order valence-corrected chi connectivity index (χ2v) is 4.63. The summed E-state index contributed by atoms with van der Waals surface area (Å²) < 4.78 is 11.0. The van der Waals surface area contributed by atoms with Crippen LogP contribution in [-0.2, 0) is 0 Å². The number of rotatable bonds is 7. The van der Waals surface area contributed by atoms with Crippen LogP contribution in [0.3, 0.4) is 0 Å². The van der Waals surface area contributed by atoms with Crippen molar-refractivity contribution in [3.8, 4) is 11.5 Å². The van der Waals surface area contributed by atoms with Crippen LogP contribution in [0.2, 0.25) is 0 Å². The largest absolute Gasteiger partial charge is 0.493 e. The molecule has 0 aliphatic heterocycles. The van der Waals surface area contributed by atoms with Gasteiger partial charge < -0.3 is 9.47 Å². The molecule has 1 rings (SSSR count). The molecule has 0 spiro atoms. The van der Waals surface area contributed by atoms with Gasteiger partial charge in [-0.1, -0.05) is 20.3 Å². The molecule has 100 valence electrons. The normalized spacial score (nSPS) is 12.0. The standard InChI is InChI=1S/C15H22O3/c1-5-6-11(2)10-18-14-8-7-13(12(3)16)9-15(14)17-4/h7-9,11H,5-6,10H2,1-4H3. The van der Waals surface area contributed by atoms with Gasteiger partial charge in [0, 0.05) is 5.56 Å². The minimum Gasteiger partial charge on any atom is -0.493 e. The number of ether oxygens (including phenoxy) is 2. The van der Waals surface area contributed by atoms with E-state index in [1.54, 1.807) is 32.2 Å². The quantitative estimate of drug-likeness (QED) is 0.692. The van der Waals surface area contributed by atoms with Crippen molar-refractivity contribution in [3.05, 3.63) is 23.8 Å². The Morgan fingerprint density at radius 1 is 1.33 bits per heavy atom. The molecular formula is C15H22O3. The zero-order chi connectivity index (χ0) is 13.5. The molecule has 0 aliphatic carbocycles. The maximum Gasteiger partial charge on any atom is 0.161 e. The summed E-state index contributed by atoms with van der Waals surface area (Å²) in [5.41, 5.74) is 0.640. The van der Waals surface area contributed by atoms with E-state index in [0.29, 0.717) is 29.6 Å². The second kappa shape index (κ2) is 7.04. The monoisotopic (exact) mass is 250 g/mol. The van der Waals surface area contributed by atoms with Crippen LogP contribution in [-0.4, -0.2) is 19.5 Å². The first-order valence-electron chi connectivity index (χ1n) is 6.40. The van der Waals surface area contributed by atoms with Crippen LogP contribution in [0.15, 0.2) is 18.2 Å². The Morgan fingerprint density at radius 3 is 2.61 bits per heavy atom. The number of methoxy groups -OCH3 is 1. The fourth-order valence-electron chi connectivity index (χ4n) is 1.81. The third-order valence-corrected chi connectivity index (χ3v) is 2.87. The van der Waals surface area contributed by atoms with Crippen molar-refractivity contribution < 1.29 is 14.3 Å². The first-order valence-corrected chi connectivity index (χ1v) is 6.40. The van der Waals surface area contributed by atoms with Gasteiger partial charge >= 0.3 is 0 Å². The summed E-state index contributed by atoms with van der Waals surface area (Å²) in [6.07, 6.45) is 2.30. The van der Waals surface area contributed by atoms with Gasteiger partial charge in [-0.25, -0.2) is 0 Å². The van der Waals surface area contributed by atoms with Gasteiger partial charge in [-0.2, -0.15) is 0 Å². The number of hydrogen-bond acceptors (Lipinski definition) is 3. The topological polar surface area (TPSA) is 35.5 Å². The highest BCUT2D eigenvalue weighted by Crippen LogP contribution is 2.28. The number of ketones is 1. The van der Waals surface area contributed by atoms with E-state index in [0.717, 1.165) is 12.8 Å². The number of carbonyl (C=O) groups excluding carboxylic acids is 1. The molecular weight excluding hydrogens is 228 g/mol. The van der Waals surface area contributed by atoms with Crippen molar-refractivity contribution in [1.82, 2.24) is 0 Å². The van der Waals surface area contributed by atoms with Gasteiger partial charge in [0.05, 0.1) is 13.7 Å². The molecule has 0 bridgehead atoms. The van der Waals surface area contributed by atoms with E-state index < -0.39 is 0 Å². The van der Waals surface area contributed by atoms with Gasteiger partial charge in [0.1, 0.15) is 0 Å². The molecule has 1 aromatic rings. The van der Waals surface area contributed by atoms with Gasteiger partial charge in [-0.3, -0.25) is 4.79 Å². The predicted octanol–water partition coefficient (Wildman–Crippen LogP) is 3.71. The summed E-state index contributed by atoms with van der Waals surface area (Å²) in [4.78, 5) is 11.3. The van der Waals surface area contributed by atoms with Crippen LogP contribution in [0.4, 0.5) is 0 Å². The van der Waals surface area contributed by atoms with Crippen molar-refractivity contribution in [2.75, 3.05) is 13.7 Å². The van der Waals surface area contributed by atoms with Crippen molar-refractivity contribution in [2.24, 2.45) is 5.92 Å². The molecule has 18 heavy (non-hydrogen) atoms. The summed E-state index contributed by atoms with van der Waals surface area (Å²) in [6, 6.07) is 5.29. The van der Waals surface area contributed by atoms with E-state index in [1.165, 1.54) is 0 Å². The Balaban J connectivity index is 2.73. The molecule has 1 atom stereocenters. The summed E-state index contributed by atoms with van der Waals surface area (Å²) in [6.45, 7) is 6.54. The Hall–Kier alpha value is -1.51. The van der Waals surface area contributed by atoms with E-state index >= 15 is 0 Å². The maximum atomic E-state index is 11.3. The average molecular weight is 250 g/mol. The third kappa shape index (κ3) is 4.06. The van der Waals surface area contributed by atoms with E-state index in [9.17, 15) is 4.79 Å². The van der Waals surface area contributed by atoms with E-state index in [4.69, 9.17) is 9.47 Å². The van der Waals surface area contributed by atoms with E-state index in [1.807, 2.05) is 0 Å².